The van der Waals surface area contributed by atoms with Gasteiger partial charge in [-0.3, -0.25) is 4.79 Å². The van der Waals surface area contributed by atoms with Gasteiger partial charge in [0.2, 0.25) is 0 Å². The molecule has 1 aromatic heterocycles. The van der Waals surface area contributed by atoms with Crippen LogP contribution in [-0.2, 0) is 12.0 Å². The van der Waals surface area contributed by atoms with Gasteiger partial charge < -0.3 is 4.57 Å². The summed E-state index contributed by atoms with van der Waals surface area (Å²) < 4.78 is 28.8. The van der Waals surface area contributed by atoms with Crippen LogP contribution in [0.2, 0.25) is 5.02 Å². The first-order valence-corrected chi connectivity index (χ1v) is 9.71. The van der Waals surface area contributed by atoms with Crippen LogP contribution in [0.15, 0.2) is 17.1 Å². The maximum absolute atomic E-state index is 13.5. The molecule has 0 N–H and O–H groups in total. The van der Waals surface area contributed by atoms with Crippen LogP contribution in [0.3, 0.4) is 0 Å². The molecule has 1 amide bonds. The lowest BCUT2D eigenvalue weighted by atomic mass is 9.93. The number of aromatic nitrogens is 1. The van der Waals surface area contributed by atoms with Gasteiger partial charge in [-0.2, -0.15) is 4.99 Å². The van der Waals surface area contributed by atoms with Crippen LogP contribution in [0.25, 0.3) is 0 Å². The van der Waals surface area contributed by atoms with E-state index in [1.54, 1.807) is 0 Å². The molecule has 0 atom stereocenters. The second-order valence-electron chi connectivity index (χ2n) is 7.77. The summed E-state index contributed by atoms with van der Waals surface area (Å²) in [6, 6.07) is 1.61. The Bertz CT molecular complexity index is 936. The molecule has 3 nitrogen and oxygen atoms in total. The fourth-order valence-corrected chi connectivity index (χ4v) is 4.30. The van der Waals surface area contributed by atoms with Crippen molar-refractivity contribution in [1.82, 2.24) is 4.57 Å². The Morgan fingerprint density at radius 1 is 1.31 bits per heavy atom. The number of thiazole rings is 1. The summed E-state index contributed by atoms with van der Waals surface area (Å²) in [7, 11) is 0. The molecule has 2 aromatic rings. The van der Waals surface area contributed by atoms with Crippen molar-refractivity contribution >= 4 is 28.8 Å². The zero-order valence-corrected chi connectivity index (χ0v) is 16.8. The Balaban J connectivity index is 2.10. The Labute approximate surface area is 160 Å². The van der Waals surface area contributed by atoms with E-state index in [-0.39, 0.29) is 16.0 Å². The molecule has 3 rings (SSSR count). The Morgan fingerprint density at radius 2 is 1.92 bits per heavy atom. The second-order valence-corrected chi connectivity index (χ2v) is 9.15. The lowest BCUT2D eigenvalue weighted by molar-refractivity contribution is 0.0997. The highest BCUT2D eigenvalue weighted by Crippen LogP contribution is 2.33. The van der Waals surface area contributed by atoms with Crippen LogP contribution in [0.1, 0.15) is 54.5 Å². The molecule has 1 saturated carbocycles. The molecule has 0 bridgehead atoms. The first-order chi connectivity index (χ1) is 12.1. The van der Waals surface area contributed by atoms with Crippen molar-refractivity contribution in [1.29, 1.82) is 0 Å². The van der Waals surface area contributed by atoms with Gasteiger partial charge in [0, 0.05) is 17.1 Å². The average Bonchev–Trinajstić information content (AvgIpc) is 3.29. The molecule has 0 saturated heterocycles. The number of amides is 1. The Morgan fingerprint density at radius 3 is 2.50 bits per heavy atom. The van der Waals surface area contributed by atoms with Gasteiger partial charge in [-0.25, -0.2) is 8.78 Å². The van der Waals surface area contributed by atoms with Gasteiger partial charge in [0.25, 0.3) is 5.91 Å². The van der Waals surface area contributed by atoms with E-state index in [9.17, 15) is 13.6 Å². The van der Waals surface area contributed by atoms with Crippen molar-refractivity contribution in [3.05, 3.63) is 49.7 Å². The fraction of sp³-hybridized carbons (Fsp3) is 0.474. The van der Waals surface area contributed by atoms with E-state index >= 15 is 0 Å². The summed E-state index contributed by atoms with van der Waals surface area (Å²) >= 11 is 7.38. The summed E-state index contributed by atoms with van der Waals surface area (Å²) in [5, 5.41) is -0.143. The minimum Gasteiger partial charge on any atom is -0.320 e. The molecule has 0 radical (unpaired) electrons. The second kappa shape index (κ2) is 6.89. The third kappa shape index (κ3) is 3.91. The van der Waals surface area contributed by atoms with E-state index in [0.717, 1.165) is 29.2 Å². The SMILES string of the molecule is Cc1c(C(C)(C)C)sc(=NC(=O)c2cc(F)c(F)cc2Cl)n1CC1CC1. The number of rotatable bonds is 3. The Kier molecular flexibility index (Phi) is 5.10. The van der Waals surface area contributed by atoms with Crippen molar-refractivity contribution in [3.8, 4) is 0 Å². The van der Waals surface area contributed by atoms with Crippen molar-refractivity contribution in [2.75, 3.05) is 0 Å². The lowest BCUT2D eigenvalue weighted by Gasteiger charge is -2.17. The highest BCUT2D eigenvalue weighted by molar-refractivity contribution is 7.09. The van der Waals surface area contributed by atoms with Crippen LogP contribution in [0, 0.1) is 24.5 Å². The van der Waals surface area contributed by atoms with Gasteiger partial charge in [0.05, 0.1) is 10.6 Å². The number of carbonyl (C=O) groups is 1. The minimum atomic E-state index is -1.11. The third-order valence-electron chi connectivity index (χ3n) is 4.41. The van der Waals surface area contributed by atoms with Crippen LogP contribution in [0.5, 0.6) is 0 Å². The van der Waals surface area contributed by atoms with Crippen molar-refractivity contribution in [2.24, 2.45) is 10.9 Å². The van der Waals surface area contributed by atoms with E-state index in [2.05, 4.69) is 30.3 Å². The van der Waals surface area contributed by atoms with E-state index in [1.165, 1.54) is 24.2 Å². The van der Waals surface area contributed by atoms with Crippen LogP contribution in [0.4, 0.5) is 8.78 Å². The monoisotopic (exact) mass is 398 g/mol. The summed E-state index contributed by atoms with van der Waals surface area (Å²) in [6.07, 6.45) is 2.35. The smallest absolute Gasteiger partial charge is 0.281 e. The quantitative estimate of drug-likeness (QED) is 0.651. The highest BCUT2D eigenvalue weighted by Gasteiger charge is 2.27. The maximum Gasteiger partial charge on any atom is 0.281 e. The van der Waals surface area contributed by atoms with Crippen molar-refractivity contribution < 1.29 is 13.6 Å². The summed E-state index contributed by atoms with van der Waals surface area (Å²) in [5.74, 6) is -2.26. The van der Waals surface area contributed by atoms with Crippen molar-refractivity contribution in [2.45, 2.75) is 52.5 Å². The predicted octanol–water partition coefficient (Wildman–Crippen LogP) is 5.24. The molecule has 0 aliphatic heterocycles. The van der Waals surface area contributed by atoms with E-state index in [1.807, 2.05) is 6.92 Å². The van der Waals surface area contributed by atoms with Gasteiger partial charge in [-0.1, -0.05) is 32.4 Å². The van der Waals surface area contributed by atoms with Crippen LogP contribution >= 0.6 is 22.9 Å². The van der Waals surface area contributed by atoms with Gasteiger partial charge in [-0.15, -0.1) is 11.3 Å². The number of carbonyl (C=O) groups excluding carboxylic acids is 1. The fourth-order valence-electron chi connectivity index (χ4n) is 2.87. The van der Waals surface area contributed by atoms with Crippen LogP contribution in [-0.4, -0.2) is 10.5 Å². The topological polar surface area (TPSA) is 34.4 Å². The molecule has 1 aliphatic carbocycles. The molecular weight excluding hydrogens is 378 g/mol. The van der Waals surface area contributed by atoms with E-state index < -0.39 is 17.5 Å². The molecule has 1 aromatic carbocycles. The predicted molar refractivity (Wildman–Crippen MR) is 99.7 cm³/mol. The van der Waals surface area contributed by atoms with Gasteiger partial charge >= 0.3 is 0 Å². The maximum atomic E-state index is 13.5. The summed E-state index contributed by atoms with van der Waals surface area (Å²) in [6.45, 7) is 9.20. The zero-order valence-electron chi connectivity index (χ0n) is 15.2. The molecule has 1 heterocycles. The molecule has 140 valence electrons. The standard InChI is InChI=1S/C19H21ClF2N2OS/c1-10-16(19(2,3)4)26-18(24(10)9-11-5-6-11)23-17(25)12-7-14(21)15(22)8-13(12)20/h7-8,11H,5-6,9H2,1-4H3. The van der Waals surface area contributed by atoms with E-state index in [0.29, 0.717) is 10.7 Å². The summed E-state index contributed by atoms with van der Waals surface area (Å²) in [4.78, 5) is 18.5. The number of benzene rings is 1. The highest BCUT2D eigenvalue weighted by atomic mass is 35.5. The van der Waals surface area contributed by atoms with E-state index in [4.69, 9.17) is 11.6 Å². The molecule has 7 heteroatoms. The number of hydrogen-bond acceptors (Lipinski definition) is 2. The zero-order chi connectivity index (χ0) is 19.2. The number of hydrogen-bond donors (Lipinski definition) is 0. The number of nitrogens with zero attached hydrogens (tertiary/aromatic N) is 2. The third-order valence-corrected chi connectivity index (χ3v) is 6.33. The molecule has 1 fully saturated rings. The Hall–Kier alpha value is -1.53. The normalized spacial score (nSPS) is 15.6. The van der Waals surface area contributed by atoms with Gasteiger partial charge in [-0.05, 0) is 43.2 Å². The molecule has 0 spiro atoms. The molecule has 1 aliphatic rings. The largest absolute Gasteiger partial charge is 0.320 e. The number of halogens is 3. The first-order valence-electron chi connectivity index (χ1n) is 8.52. The molecule has 0 unspecified atom stereocenters. The molecule has 26 heavy (non-hydrogen) atoms. The lowest BCUT2D eigenvalue weighted by Crippen LogP contribution is -2.20. The van der Waals surface area contributed by atoms with Gasteiger partial charge in [0.1, 0.15) is 0 Å². The van der Waals surface area contributed by atoms with Gasteiger partial charge in [0.15, 0.2) is 16.4 Å². The minimum absolute atomic E-state index is 0.0729. The van der Waals surface area contributed by atoms with Crippen LogP contribution < -0.4 is 4.80 Å². The van der Waals surface area contributed by atoms with Crippen molar-refractivity contribution in [3.63, 3.8) is 0 Å². The average molecular weight is 399 g/mol. The first kappa shape index (κ1) is 19.2. The summed E-state index contributed by atoms with van der Waals surface area (Å²) in [5.41, 5.74) is 0.889. The molecular formula is C19H21ClF2N2OS.